The van der Waals surface area contributed by atoms with Crippen molar-refractivity contribution < 1.29 is 13.6 Å². The minimum Gasteiger partial charge on any atom is -0.346 e. The van der Waals surface area contributed by atoms with Crippen molar-refractivity contribution in [2.75, 3.05) is 0 Å². The summed E-state index contributed by atoms with van der Waals surface area (Å²) >= 11 is 0. The molecule has 1 amide bonds. The molecule has 0 radical (unpaired) electrons. The molecule has 2 heterocycles. The quantitative estimate of drug-likeness (QED) is 0.586. The third kappa shape index (κ3) is 2.59. The van der Waals surface area contributed by atoms with E-state index in [4.69, 9.17) is 0 Å². The highest BCUT2D eigenvalue weighted by molar-refractivity contribution is 5.99. The predicted octanol–water partition coefficient (Wildman–Crippen LogP) is 1.78. The van der Waals surface area contributed by atoms with Crippen LogP contribution in [0, 0.1) is 11.6 Å². The summed E-state index contributed by atoms with van der Waals surface area (Å²) in [7, 11) is 0. The Balaban J connectivity index is 1.70. The van der Waals surface area contributed by atoms with E-state index in [-0.39, 0.29) is 23.3 Å². The number of fused-ring (bicyclic) bond motifs is 3. The number of para-hydroxylation sites is 2. The number of aromatic amines is 1. The zero-order valence-corrected chi connectivity index (χ0v) is 13.2. The number of amides is 1. The van der Waals surface area contributed by atoms with Crippen molar-refractivity contribution in [1.29, 1.82) is 0 Å². The summed E-state index contributed by atoms with van der Waals surface area (Å²) in [4.78, 5) is 27.3. The lowest BCUT2D eigenvalue weighted by Gasteiger charge is -2.05. The maximum Gasteiger partial charge on any atom is 0.277 e. The summed E-state index contributed by atoms with van der Waals surface area (Å²) in [5.41, 5.74) is 0.341. The molecule has 2 N–H and O–H groups in total. The zero-order valence-electron chi connectivity index (χ0n) is 13.2. The maximum atomic E-state index is 13.6. The van der Waals surface area contributed by atoms with Crippen LogP contribution < -0.4 is 10.9 Å². The molecule has 2 aromatic carbocycles. The zero-order chi connectivity index (χ0) is 18.3. The van der Waals surface area contributed by atoms with Crippen molar-refractivity contribution in [2.45, 2.75) is 6.54 Å². The molecular weight excluding hydrogens is 344 g/mol. The van der Waals surface area contributed by atoms with Gasteiger partial charge in [0, 0.05) is 12.1 Å². The highest BCUT2D eigenvalue weighted by atomic mass is 19.1. The van der Waals surface area contributed by atoms with Gasteiger partial charge in [0.05, 0.1) is 11.0 Å². The van der Waals surface area contributed by atoms with Crippen LogP contribution in [0.25, 0.3) is 16.6 Å². The summed E-state index contributed by atoms with van der Waals surface area (Å²) in [5.74, 6) is -1.99. The molecule has 0 fully saturated rings. The molecule has 26 heavy (non-hydrogen) atoms. The fourth-order valence-corrected chi connectivity index (χ4v) is 2.69. The molecule has 0 spiro atoms. The SMILES string of the molecule is O=C(NCc1cc(F)ccc1F)c1nnn2c1c(=O)[nH]c1ccccc12. The fourth-order valence-electron chi connectivity index (χ4n) is 2.69. The second-order valence-electron chi connectivity index (χ2n) is 5.59. The van der Waals surface area contributed by atoms with Gasteiger partial charge in [0.2, 0.25) is 0 Å². The highest BCUT2D eigenvalue weighted by Gasteiger charge is 2.19. The number of carbonyl (C=O) groups is 1. The van der Waals surface area contributed by atoms with Gasteiger partial charge >= 0.3 is 0 Å². The number of halogens is 2. The van der Waals surface area contributed by atoms with Crippen LogP contribution >= 0.6 is 0 Å². The summed E-state index contributed by atoms with van der Waals surface area (Å²) in [6.45, 7) is -0.257. The first kappa shape index (κ1) is 15.9. The maximum absolute atomic E-state index is 13.6. The summed E-state index contributed by atoms with van der Waals surface area (Å²) in [5, 5.41) is 10.1. The van der Waals surface area contributed by atoms with E-state index in [0.29, 0.717) is 11.0 Å². The molecule has 0 saturated heterocycles. The second kappa shape index (κ2) is 6.03. The van der Waals surface area contributed by atoms with Gasteiger partial charge in [-0.25, -0.2) is 13.3 Å². The lowest BCUT2D eigenvalue weighted by Crippen LogP contribution is -2.25. The van der Waals surface area contributed by atoms with Gasteiger partial charge in [-0.2, -0.15) is 0 Å². The van der Waals surface area contributed by atoms with E-state index in [1.807, 2.05) is 0 Å². The van der Waals surface area contributed by atoms with Gasteiger partial charge < -0.3 is 10.3 Å². The van der Waals surface area contributed by atoms with Crippen LogP contribution in [0.1, 0.15) is 16.1 Å². The lowest BCUT2D eigenvalue weighted by atomic mass is 10.2. The number of hydrogen-bond acceptors (Lipinski definition) is 4. The van der Waals surface area contributed by atoms with Crippen molar-refractivity contribution in [3.05, 3.63) is 75.7 Å². The van der Waals surface area contributed by atoms with Gasteiger partial charge in [-0.1, -0.05) is 17.3 Å². The molecule has 0 saturated carbocycles. The average Bonchev–Trinajstić information content (AvgIpc) is 3.08. The number of nitrogens with zero attached hydrogens (tertiary/aromatic N) is 3. The van der Waals surface area contributed by atoms with Gasteiger partial charge in [-0.05, 0) is 30.3 Å². The molecule has 0 aliphatic carbocycles. The first-order valence-electron chi connectivity index (χ1n) is 7.63. The van der Waals surface area contributed by atoms with Gasteiger partial charge in [0.15, 0.2) is 11.2 Å². The molecule has 4 aromatic rings. The van der Waals surface area contributed by atoms with Crippen LogP contribution in [-0.2, 0) is 6.54 Å². The second-order valence-corrected chi connectivity index (χ2v) is 5.59. The average molecular weight is 355 g/mol. The van der Waals surface area contributed by atoms with E-state index in [9.17, 15) is 18.4 Å². The fraction of sp³-hybridized carbons (Fsp3) is 0.0588. The minimum absolute atomic E-state index is 0.0193. The van der Waals surface area contributed by atoms with Crippen LogP contribution in [-0.4, -0.2) is 25.7 Å². The summed E-state index contributed by atoms with van der Waals surface area (Å²) in [6, 6.07) is 9.87. The number of benzene rings is 2. The van der Waals surface area contributed by atoms with E-state index in [1.54, 1.807) is 24.3 Å². The van der Waals surface area contributed by atoms with E-state index < -0.39 is 23.1 Å². The summed E-state index contributed by atoms with van der Waals surface area (Å²) in [6.07, 6.45) is 0. The Bertz CT molecular complexity index is 1210. The van der Waals surface area contributed by atoms with Crippen LogP contribution in [0.2, 0.25) is 0 Å². The van der Waals surface area contributed by atoms with Gasteiger partial charge in [0.25, 0.3) is 11.5 Å². The van der Waals surface area contributed by atoms with Crippen molar-refractivity contribution in [2.24, 2.45) is 0 Å². The molecule has 2 aromatic heterocycles. The normalized spacial score (nSPS) is 11.2. The van der Waals surface area contributed by atoms with Crippen molar-refractivity contribution in [3.8, 4) is 0 Å². The van der Waals surface area contributed by atoms with Gasteiger partial charge in [-0.3, -0.25) is 9.59 Å². The molecule has 7 nitrogen and oxygen atoms in total. The first-order chi connectivity index (χ1) is 12.5. The Labute approximate surface area is 144 Å². The molecule has 4 rings (SSSR count). The number of rotatable bonds is 3. The Morgan fingerprint density at radius 2 is 2.00 bits per heavy atom. The van der Waals surface area contributed by atoms with E-state index in [2.05, 4.69) is 20.6 Å². The van der Waals surface area contributed by atoms with Crippen molar-refractivity contribution in [3.63, 3.8) is 0 Å². The van der Waals surface area contributed by atoms with Crippen LogP contribution in [0.15, 0.2) is 47.3 Å². The minimum atomic E-state index is -0.718. The molecular formula is C17H11F2N5O2. The standard InChI is InChI=1S/C17H11F2N5O2/c18-10-5-6-11(19)9(7-10)8-20-16(25)14-15-17(26)21-12-3-1-2-4-13(12)24(15)23-22-14/h1-7H,8H2,(H,20,25)(H,21,26). The predicted molar refractivity (Wildman–Crippen MR) is 88.6 cm³/mol. The number of aromatic nitrogens is 4. The molecule has 0 bridgehead atoms. The first-order valence-corrected chi connectivity index (χ1v) is 7.63. The smallest absolute Gasteiger partial charge is 0.277 e. The summed E-state index contributed by atoms with van der Waals surface area (Å²) < 4.78 is 28.1. The third-order valence-electron chi connectivity index (χ3n) is 3.93. The molecule has 0 aliphatic rings. The van der Waals surface area contributed by atoms with E-state index in [0.717, 1.165) is 18.2 Å². The lowest BCUT2D eigenvalue weighted by molar-refractivity contribution is 0.0947. The van der Waals surface area contributed by atoms with E-state index in [1.165, 1.54) is 4.52 Å². The third-order valence-corrected chi connectivity index (χ3v) is 3.93. The van der Waals surface area contributed by atoms with Crippen LogP contribution in [0.4, 0.5) is 8.78 Å². The Morgan fingerprint density at radius 3 is 2.85 bits per heavy atom. The Kier molecular flexibility index (Phi) is 3.68. The molecule has 0 aliphatic heterocycles. The van der Waals surface area contributed by atoms with Gasteiger partial charge in [-0.15, -0.1) is 5.10 Å². The topological polar surface area (TPSA) is 92.2 Å². The van der Waals surface area contributed by atoms with E-state index >= 15 is 0 Å². The number of nitrogens with one attached hydrogen (secondary N) is 2. The number of carbonyl (C=O) groups excluding carboxylic acids is 1. The molecule has 0 atom stereocenters. The monoisotopic (exact) mass is 355 g/mol. The van der Waals surface area contributed by atoms with Gasteiger partial charge in [0.1, 0.15) is 11.6 Å². The van der Waals surface area contributed by atoms with Crippen LogP contribution in [0.5, 0.6) is 0 Å². The largest absolute Gasteiger partial charge is 0.346 e. The number of H-pyrrole nitrogens is 1. The Hall–Kier alpha value is -3.62. The number of hydrogen-bond donors (Lipinski definition) is 2. The Morgan fingerprint density at radius 1 is 1.19 bits per heavy atom. The van der Waals surface area contributed by atoms with Crippen molar-refractivity contribution in [1.82, 2.24) is 25.1 Å². The molecule has 9 heteroatoms. The van der Waals surface area contributed by atoms with Crippen molar-refractivity contribution >= 4 is 22.5 Å². The molecule has 130 valence electrons. The highest BCUT2D eigenvalue weighted by Crippen LogP contribution is 2.13. The van der Waals surface area contributed by atoms with Crippen LogP contribution in [0.3, 0.4) is 0 Å². The molecule has 0 unspecified atom stereocenters.